The van der Waals surface area contributed by atoms with Gasteiger partial charge in [0.15, 0.2) is 0 Å². The molecule has 0 radical (unpaired) electrons. The summed E-state index contributed by atoms with van der Waals surface area (Å²) in [7, 11) is 0. The topological polar surface area (TPSA) is 74.2 Å². The van der Waals surface area contributed by atoms with Crippen LogP contribution < -0.4 is 10.6 Å². The average molecular weight is 406 g/mol. The normalized spacial score (nSPS) is 24.1. The number of rotatable bonds is 4. The number of nitrogens with one attached hydrogen (secondary N) is 2. The van der Waals surface area contributed by atoms with E-state index in [9.17, 15) is 9.90 Å². The van der Waals surface area contributed by atoms with Gasteiger partial charge in [-0.2, -0.15) is 0 Å². The minimum atomic E-state index is -1.13. The van der Waals surface area contributed by atoms with E-state index in [1.165, 1.54) is 24.0 Å². The van der Waals surface area contributed by atoms with E-state index in [0.717, 1.165) is 16.5 Å². The molecule has 1 saturated carbocycles. The number of carbonyl (C=O) groups excluding carboxylic acids is 1. The predicted molar refractivity (Wildman–Crippen MR) is 120 cm³/mol. The summed E-state index contributed by atoms with van der Waals surface area (Å²) < 4.78 is 0. The van der Waals surface area contributed by atoms with Gasteiger partial charge >= 0.3 is 0 Å². The summed E-state index contributed by atoms with van der Waals surface area (Å²) in [5, 5.41) is 17.4. The van der Waals surface area contributed by atoms with E-state index < -0.39 is 5.60 Å². The van der Waals surface area contributed by atoms with Crippen LogP contribution in [-0.2, 0) is 5.41 Å². The zero-order chi connectivity index (χ0) is 21.7. The number of aliphatic hydroxyl groups is 1. The highest BCUT2D eigenvalue weighted by Crippen LogP contribution is 2.43. The number of carbonyl (C=O) groups is 1. The van der Waals surface area contributed by atoms with Crippen LogP contribution in [-0.4, -0.2) is 40.7 Å². The molecule has 1 saturated heterocycles. The highest BCUT2D eigenvalue weighted by molar-refractivity contribution is 5.97. The molecule has 2 fully saturated rings. The molecule has 2 atom stereocenters. The molecule has 1 aliphatic heterocycles. The Labute approximate surface area is 178 Å². The molecule has 5 heteroatoms. The number of fused-ring (bicyclic) bond motifs is 1. The molecule has 2 aromatic rings. The number of hydrogen-bond donors (Lipinski definition) is 3. The van der Waals surface area contributed by atoms with Gasteiger partial charge in [-0.25, -0.2) is 4.98 Å². The van der Waals surface area contributed by atoms with E-state index in [2.05, 4.69) is 56.4 Å². The lowest BCUT2D eigenvalue weighted by Crippen LogP contribution is -2.37. The van der Waals surface area contributed by atoms with Crippen molar-refractivity contribution in [3.63, 3.8) is 0 Å². The Bertz CT molecular complexity index is 1040. The highest BCUT2D eigenvalue weighted by Gasteiger charge is 2.35. The molecule has 2 aliphatic rings. The maximum atomic E-state index is 12.9. The smallest absolute Gasteiger partial charge is 0.269 e. The number of benzene rings is 1. The lowest BCUT2D eigenvalue weighted by atomic mass is 9.83. The van der Waals surface area contributed by atoms with Gasteiger partial charge in [0.2, 0.25) is 0 Å². The summed E-state index contributed by atoms with van der Waals surface area (Å²) in [6.07, 6.45) is 8.33. The van der Waals surface area contributed by atoms with Crippen LogP contribution in [0.4, 0.5) is 0 Å². The van der Waals surface area contributed by atoms with Crippen molar-refractivity contribution < 1.29 is 9.90 Å². The molecular weight excluding hydrogens is 374 g/mol. The van der Waals surface area contributed by atoms with Gasteiger partial charge in [0, 0.05) is 30.9 Å². The molecule has 30 heavy (non-hydrogen) atoms. The third-order valence-corrected chi connectivity index (χ3v) is 6.28. The zero-order valence-corrected chi connectivity index (χ0v) is 18.3. The van der Waals surface area contributed by atoms with Crippen molar-refractivity contribution in [2.45, 2.75) is 69.9 Å². The SMILES string of the molecule is C#C[C@@]1(O)CN[C@H](CNC(=O)c2cc(C)c3cc(C4CC4)cc(C(C)(C)C)c3n2)C1. The van der Waals surface area contributed by atoms with Crippen molar-refractivity contribution >= 4 is 16.8 Å². The number of aromatic nitrogens is 1. The van der Waals surface area contributed by atoms with E-state index >= 15 is 0 Å². The van der Waals surface area contributed by atoms with Crippen molar-refractivity contribution in [1.82, 2.24) is 15.6 Å². The van der Waals surface area contributed by atoms with Crippen molar-refractivity contribution in [2.24, 2.45) is 0 Å². The van der Waals surface area contributed by atoms with Crippen LogP contribution >= 0.6 is 0 Å². The second-order valence-corrected chi connectivity index (χ2v) is 9.98. The van der Waals surface area contributed by atoms with Gasteiger partial charge in [-0.3, -0.25) is 4.79 Å². The number of β-amino-alcohol motifs (C(OH)–C–C–N with tert-alkyl or cyclic N) is 1. The fourth-order valence-corrected chi connectivity index (χ4v) is 4.28. The third kappa shape index (κ3) is 4.08. The van der Waals surface area contributed by atoms with Crippen LogP contribution in [0.5, 0.6) is 0 Å². The zero-order valence-electron chi connectivity index (χ0n) is 18.3. The molecule has 4 rings (SSSR count). The minimum Gasteiger partial charge on any atom is -0.376 e. The van der Waals surface area contributed by atoms with E-state index in [-0.39, 0.29) is 17.4 Å². The molecular formula is C25H31N3O2. The summed E-state index contributed by atoms with van der Waals surface area (Å²) in [6, 6.07) is 6.37. The molecule has 1 aliphatic carbocycles. The Morgan fingerprint density at radius 2 is 2.10 bits per heavy atom. The molecule has 5 nitrogen and oxygen atoms in total. The molecule has 0 bridgehead atoms. The van der Waals surface area contributed by atoms with Crippen LogP contribution in [0.1, 0.15) is 73.1 Å². The number of nitrogens with zero attached hydrogens (tertiary/aromatic N) is 1. The van der Waals surface area contributed by atoms with Gasteiger partial charge in [-0.15, -0.1) is 6.42 Å². The van der Waals surface area contributed by atoms with Crippen LogP contribution in [0.3, 0.4) is 0 Å². The number of terminal acetylenes is 1. The van der Waals surface area contributed by atoms with Crippen molar-refractivity contribution in [1.29, 1.82) is 0 Å². The number of aryl methyl sites for hydroxylation is 1. The van der Waals surface area contributed by atoms with Gasteiger partial charge < -0.3 is 15.7 Å². The maximum Gasteiger partial charge on any atom is 0.269 e. The first-order valence-corrected chi connectivity index (χ1v) is 10.8. The summed E-state index contributed by atoms with van der Waals surface area (Å²) in [4.78, 5) is 17.7. The summed E-state index contributed by atoms with van der Waals surface area (Å²) in [6.45, 7) is 9.38. The summed E-state index contributed by atoms with van der Waals surface area (Å²) in [5.41, 5.74) is 3.80. The molecule has 0 unspecified atom stereocenters. The summed E-state index contributed by atoms with van der Waals surface area (Å²) in [5.74, 6) is 2.88. The van der Waals surface area contributed by atoms with E-state index in [4.69, 9.17) is 11.4 Å². The van der Waals surface area contributed by atoms with Crippen LogP contribution in [0, 0.1) is 19.3 Å². The van der Waals surface area contributed by atoms with E-state index in [1.807, 2.05) is 6.07 Å². The minimum absolute atomic E-state index is 0.0530. The summed E-state index contributed by atoms with van der Waals surface area (Å²) >= 11 is 0. The van der Waals surface area contributed by atoms with Crippen LogP contribution in [0.15, 0.2) is 18.2 Å². The Morgan fingerprint density at radius 1 is 1.37 bits per heavy atom. The third-order valence-electron chi connectivity index (χ3n) is 6.28. The Kier molecular flexibility index (Phi) is 5.12. The first-order chi connectivity index (χ1) is 14.1. The molecule has 158 valence electrons. The van der Waals surface area contributed by atoms with Gasteiger partial charge in [-0.1, -0.05) is 32.8 Å². The van der Waals surface area contributed by atoms with Crippen molar-refractivity contribution in [2.75, 3.05) is 13.1 Å². The molecule has 2 heterocycles. The fourth-order valence-electron chi connectivity index (χ4n) is 4.28. The first-order valence-electron chi connectivity index (χ1n) is 10.8. The molecule has 0 spiro atoms. The van der Waals surface area contributed by atoms with Gasteiger partial charge in [-0.05, 0) is 59.9 Å². The molecule has 3 N–H and O–H groups in total. The largest absolute Gasteiger partial charge is 0.376 e. The molecule has 1 aromatic heterocycles. The second kappa shape index (κ2) is 7.37. The van der Waals surface area contributed by atoms with Gasteiger partial charge in [0.1, 0.15) is 11.3 Å². The van der Waals surface area contributed by atoms with E-state index in [1.54, 1.807) is 0 Å². The Hall–Kier alpha value is -2.42. The number of hydrogen-bond acceptors (Lipinski definition) is 4. The van der Waals surface area contributed by atoms with Gasteiger partial charge in [0.05, 0.1) is 5.52 Å². The van der Waals surface area contributed by atoms with Crippen LogP contribution in [0.25, 0.3) is 10.9 Å². The predicted octanol–water partition coefficient (Wildman–Crippen LogP) is 3.17. The quantitative estimate of drug-likeness (QED) is 0.683. The molecule has 1 amide bonds. The van der Waals surface area contributed by atoms with Crippen LogP contribution in [0.2, 0.25) is 0 Å². The van der Waals surface area contributed by atoms with E-state index in [0.29, 0.717) is 31.1 Å². The average Bonchev–Trinajstić information content (AvgIpc) is 3.47. The standard InChI is InChI=1S/C25H31N3O2/c1-6-25(30)12-18(27-14-25)13-26-23(29)21-9-15(2)19-10-17(16-7-8-16)11-20(22(19)28-21)24(3,4)5/h1,9-11,16,18,27,30H,7-8,12-14H2,2-5H3,(H,26,29)/t18-,25-/m0/s1. The Balaban J connectivity index is 1.61. The lowest BCUT2D eigenvalue weighted by molar-refractivity contribution is 0.0940. The maximum absolute atomic E-state index is 12.9. The molecule has 1 aromatic carbocycles. The Morgan fingerprint density at radius 3 is 2.70 bits per heavy atom. The number of pyridine rings is 1. The first kappa shape index (κ1) is 20.8. The number of amides is 1. The highest BCUT2D eigenvalue weighted by atomic mass is 16.3. The van der Waals surface area contributed by atoms with Crippen molar-refractivity contribution in [3.05, 3.63) is 40.6 Å². The van der Waals surface area contributed by atoms with Crippen molar-refractivity contribution in [3.8, 4) is 12.3 Å². The fraction of sp³-hybridized carbons (Fsp3) is 0.520. The monoisotopic (exact) mass is 405 g/mol. The lowest BCUT2D eigenvalue weighted by Gasteiger charge is -2.23. The van der Waals surface area contributed by atoms with Gasteiger partial charge in [0.25, 0.3) is 5.91 Å². The second-order valence-electron chi connectivity index (χ2n) is 9.98.